The van der Waals surface area contributed by atoms with E-state index in [0.717, 1.165) is 23.0 Å². The van der Waals surface area contributed by atoms with Gasteiger partial charge in [-0.25, -0.2) is 9.38 Å². The lowest BCUT2D eigenvalue weighted by Gasteiger charge is -2.38. The Kier molecular flexibility index (Phi) is 10.3. The van der Waals surface area contributed by atoms with Crippen LogP contribution in [0.3, 0.4) is 0 Å². The number of amidine groups is 1. The second-order valence-corrected chi connectivity index (χ2v) is 9.35. The number of carbonyl (C=O) groups is 1. The normalized spacial score (nSPS) is 23.3. The fourth-order valence-electron chi connectivity index (χ4n) is 3.31. The highest BCUT2D eigenvalue weighted by Gasteiger charge is 2.39. The molecule has 7 heteroatoms. The molecule has 0 spiro atoms. The van der Waals surface area contributed by atoms with E-state index in [2.05, 4.69) is 11.9 Å². The van der Waals surface area contributed by atoms with Gasteiger partial charge in [0.05, 0.1) is 23.7 Å². The third-order valence-electron chi connectivity index (χ3n) is 5.44. The topological polar surface area (TPSA) is 45.0 Å². The summed E-state index contributed by atoms with van der Waals surface area (Å²) in [6.45, 7) is 7.73. The van der Waals surface area contributed by atoms with Crippen LogP contribution in [0.15, 0.2) is 46.1 Å². The lowest BCUT2D eigenvalue weighted by molar-refractivity contribution is -0.132. The van der Waals surface area contributed by atoms with Crippen LogP contribution < -0.4 is 0 Å². The Labute approximate surface area is 189 Å². The zero-order valence-electron chi connectivity index (χ0n) is 18.3. The van der Waals surface area contributed by atoms with Crippen molar-refractivity contribution in [3.8, 4) is 0 Å². The Morgan fingerprint density at radius 1 is 1.40 bits per heavy atom. The predicted octanol–water partition coefficient (Wildman–Crippen LogP) is 5.79. The summed E-state index contributed by atoms with van der Waals surface area (Å²) in [5.74, 6) is 0.792. The summed E-state index contributed by atoms with van der Waals surface area (Å²) >= 11 is 8.05. The minimum Gasteiger partial charge on any atom is -0.292 e. The van der Waals surface area contributed by atoms with Gasteiger partial charge in [0, 0.05) is 11.1 Å². The molecule has 5 unspecified atom stereocenters. The first-order chi connectivity index (χ1) is 14.4. The minimum absolute atomic E-state index is 0.0200. The molecule has 0 aromatic rings. The Balaban J connectivity index is 2.18. The highest BCUT2D eigenvalue weighted by molar-refractivity contribution is 8.13. The molecule has 0 N–H and O–H groups in total. The average molecular weight is 454 g/mol. The van der Waals surface area contributed by atoms with Crippen LogP contribution >= 0.6 is 23.4 Å². The summed E-state index contributed by atoms with van der Waals surface area (Å²) in [6.07, 6.45) is 13.3. The van der Waals surface area contributed by atoms with Gasteiger partial charge < -0.3 is 0 Å². The number of alkyl halides is 2. The van der Waals surface area contributed by atoms with Crippen molar-refractivity contribution >= 4 is 40.7 Å². The Bertz CT molecular complexity index is 734. The lowest BCUT2D eigenvalue weighted by atomic mass is 9.93. The lowest BCUT2D eigenvalue weighted by Crippen LogP contribution is -2.51. The molecule has 5 atom stereocenters. The largest absolute Gasteiger partial charge is 0.292 e. The smallest absolute Gasteiger partial charge is 0.238 e. The molecule has 4 nitrogen and oxygen atoms in total. The van der Waals surface area contributed by atoms with Gasteiger partial charge >= 0.3 is 0 Å². The zero-order chi connectivity index (χ0) is 22.1. The maximum Gasteiger partial charge on any atom is 0.238 e. The maximum atomic E-state index is 13.4. The number of hydrogen-bond acceptors (Lipinski definition) is 4. The van der Waals surface area contributed by atoms with Gasteiger partial charge in [-0.15, -0.1) is 11.6 Å². The Hall–Kier alpha value is -1.40. The first kappa shape index (κ1) is 24.9. The Morgan fingerprint density at radius 3 is 2.87 bits per heavy atom. The summed E-state index contributed by atoms with van der Waals surface area (Å²) in [7, 11) is 0. The molecule has 0 saturated heterocycles. The first-order valence-electron chi connectivity index (χ1n) is 10.7. The molecule has 30 heavy (non-hydrogen) atoms. The third-order valence-corrected chi connectivity index (χ3v) is 7.28. The number of allylic oxidation sites excluding steroid dienone is 5. The first-order valence-corrected chi connectivity index (χ1v) is 12.1. The second kappa shape index (κ2) is 12.5. The van der Waals surface area contributed by atoms with Crippen molar-refractivity contribution in [2.75, 3.05) is 12.4 Å². The number of carbonyl (C=O) groups excluding carboxylic acids is 1. The molecular weight excluding hydrogens is 421 g/mol. The fraction of sp³-hybridized carbons (Fsp3) is 0.609. The quantitative estimate of drug-likeness (QED) is 0.238. The van der Waals surface area contributed by atoms with E-state index in [0.29, 0.717) is 12.8 Å². The number of halogens is 2. The van der Waals surface area contributed by atoms with Gasteiger partial charge in [0.1, 0.15) is 6.67 Å². The molecule has 1 aliphatic heterocycles. The van der Waals surface area contributed by atoms with Crippen LogP contribution in [0.2, 0.25) is 0 Å². The molecule has 0 fully saturated rings. The third kappa shape index (κ3) is 6.55. The number of nitrogens with zero attached hydrogens (tertiary/aromatic N) is 3. The summed E-state index contributed by atoms with van der Waals surface area (Å²) in [4.78, 5) is 24.7. The van der Waals surface area contributed by atoms with Crippen molar-refractivity contribution in [1.29, 1.82) is 0 Å². The highest BCUT2D eigenvalue weighted by atomic mass is 35.5. The van der Waals surface area contributed by atoms with E-state index in [1.807, 2.05) is 50.1 Å². The van der Waals surface area contributed by atoms with E-state index in [1.54, 1.807) is 17.8 Å². The van der Waals surface area contributed by atoms with E-state index in [-0.39, 0.29) is 35.2 Å². The molecule has 1 heterocycles. The van der Waals surface area contributed by atoms with Crippen molar-refractivity contribution in [2.45, 2.75) is 64.4 Å². The molecule has 0 aromatic carbocycles. The zero-order valence-corrected chi connectivity index (χ0v) is 19.9. The molecule has 0 bridgehead atoms. The number of aliphatic imine (C=N–C) groups is 2. The number of rotatable bonds is 10. The van der Waals surface area contributed by atoms with Crippen molar-refractivity contribution in [3.63, 3.8) is 0 Å². The van der Waals surface area contributed by atoms with E-state index in [1.165, 1.54) is 6.08 Å². The van der Waals surface area contributed by atoms with Crippen LogP contribution in [0.1, 0.15) is 47.0 Å². The highest BCUT2D eigenvalue weighted by Crippen LogP contribution is 2.34. The molecule has 0 aromatic heterocycles. The van der Waals surface area contributed by atoms with E-state index >= 15 is 0 Å². The predicted molar refractivity (Wildman–Crippen MR) is 128 cm³/mol. The van der Waals surface area contributed by atoms with Gasteiger partial charge in [0.2, 0.25) is 5.91 Å². The van der Waals surface area contributed by atoms with Crippen LogP contribution in [0, 0.1) is 11.8 Å². The van der Waals surface area contributed by atoms with Crippen LogP contribution in [0.4, 0.5) is 4.39 Å². The average Bonchev–Trinajstić information content (AvgIpc) is 2.75. The second-order valence-electron chi connectivity index (χ2n) is 7.80. The van der Waals surface area contributed by atoms with Crippen molar-refractivity contribution in [3.05, 3.63) is 36.1 Å². The van der Waals surface area contributed by atoms with Gasteiger partial charge in [0.15, 0.2) is 5.17 Å². The molecule has 2 rings (SSSR count). The molecule has 0 saturated carbocycles. The standard InChI is InChI=1S/C23H33ClFN3OS/c1-5-14-26-17(3)18(4)28-22(29)19-10-6-7-12-21(19)27-23(28)30-15-16(2)20(24)11-8-9-13-25/h6-9,12,14,16-20H,5,10-11,13,15H2,1-4H3. The molecule has 0 radical (unpaired) electrons. The van der Waals surface area contributed by atoms with Gasteiger partial charge in [-0.1, -0.05) is 49.9 Å². The molecule has 1 amide bonds. The van der Waals surface area contributed by atoms with Crippen molar-refractivity contribution < 1.29 is 9.18 Å². The summed E-state index contributed by atoms with van der Waals surface area (Å²) < 4.78 is 12.3. The molecule has 166 valence electrons. The number of hydrogen-bond donors (Lipinski definition) is 0. The van der Waals surface area contributed by atoms with Crippen LogP contribution in [0.25, 0.3) is 0 Å². The van der Waals surface area contributed by atoms with E-state index in [9.17, 15) is 9.18 Å². The Morgan fingerprint density at radius 2 is 2.17 bits per heavy atom. The maximum absolute atomic E-state index is 13.4. The molecular formula is C23H33ClFN3OS. The van der Waals surface area contributed by atoms with Crippen molar-refractivity contribution in [1.82, 2.24) is 4.90 Å². The van der Waals surface area contributed by atoms with E-state index < -0.39 is 6.67 Å². The van der Waals surface area contributed by atoms with Crippen LogP contribution in [0.5, 0.6) is 0 Å². The monoisotopic (exact) mass is 453 g/mol. The summed E-state index contributed by atoms with van der Waals surface area (Å²) in [5, 5.41) is 0.627. The number of fused-ring (bicyclic) bond motifs is 1. The minimum atomic E-state index is -0.470. The fourth-order valence-corrected chi connectivity index (χ4v) is 4.81. The van der Waals surface area contributed by atoms with E-state index in [4.69, 9.17) is 16.6 Å². The van der Waals surface area contributed by atoms with Crippen LogP contribution in [-0.2, 0) is 4.79 Å². The van der Waals surface area contributed by atoms with Gasteiger partial charge in [-0.2, -0.15) is 0 Å². The van der Waals surface area contributed by atoms with Crippen molar-refractivity contribution in [2.24, 2.45) is 21.8 Å². The van der Waals surface area contributed by atoms with Gasteiger partial charge in [-0.3, -0.25) is 14.7 Å². The SMILES string of the molecule is CCC=NC(C)C(C)N1C(=O)C2CC=CC=C2N=C1SCC(C)C(Cl)CC=CCF. The van der Waals surface area contributed by atoms with Crippen LogP contribution in [-0.4, -0.2) is 52.1 Å². The molecule has 2 aliphatic rings. The van der Waals surface area contributed by atoms with Gasteiger partial charge in [-0.05, 0) is 51.3 Å². The number of thioether (sulfide) groups is 1. The summed E-state index contributed by atoms with van der Waals surface area (Å²) in [6, 6.07) is -0.109. The number of amides is 1. The molecule has 1 aliphatic carbocycles. The van der Waals surface area contributed by atoms with Gasteiger partial charge in [0.25, 0.3) is 0 Å². The summed E-state index contributed by atoms with van der Waals surface area (Å²) in [5.41, 5.74) is 0.833.